The molecule has 0 spiro atoms. The van der Waals surface area contributed by atoms with Crippen LogP contribution in [0.15, 0.2) is 108 Å². The predicted octanol–water partition coefficient (Wildman–Crippen LogP) is 7.01. The molecule has 1 atom stereocenters. The minimum atomic E-state index is -4.29. The number of amides is 2. The number of sulfonamides is 1. The SMILES string of the molecule is CCCNC(=O)C(Cc1ccccc1)N(Cc1ccc(Cl)cc1)C(=O)CN(c1cc(Cl)ccc1Cl)S(=O)(=O)c1ccccc1. The highest BCUT2D eigenvalue weighted by atomic mass is 35.5. The van der Waals surface area contributed by atoms with Gasteiger partial charge in [0.05, 0.1) is 15.6 Å². The zero-order valence-electron chi connectivity index (χ0n) is 24.0. The predicted molar refractivity (Wildman–Crippen MR) is 177 cm³/mol. The Bertz CT molecular complexity index is 1670. The standard InChI is InChI=1S/C33H32Cl3N3O4S/c1-2-19-37-33(41)31(20-24-9-5-3-6-10-24)38(22-25-13-15-26(34)16-14-25)32(40)23-39(30-21-27(35)17-18-29(30)36)44(42,43)28-11-7-4-8-12-28/h3-18,21,31H,2,19-20,22-23H2,1H3,(H,37,41). The molecule has 0 aliphatic rings. The first kappa shape index (κ1) is 33.3. The molecule has 4 aromatic rings. The molecule has 0 fully saturated rings. The minimum Gasteiger partial charge on any atom is -0.354 e. The number of hydrogen-bond acceptors (Lipinski definition) is 4. The van der Waals surface area contributed by atoms with Crippen LogP contribution < -0.4 is 9.62 Å². The van der Waals surface area contributed by atoms with Gasteiger partial charge in [0, 0.05) is 29.6 Å². The molecule has 0 aliphatic carbocycles. The fourth-order valence-corrected chi connectivity index (χ4v) is 6.62. The minimum absolute atomic E-state index is 0.0234. The summed E-state index contributed by atoms with van der Waals surface area (Å²) in [5, 5.41) is 3.76. The number of halogens is 3. The van der Waals surface area contributed by atoms with Crippen LogP contribution in [-0.2, 0) is 32.6 Å². The van der Waals surface area contributed by atoms with Crippen LogP contribution in [-0.4, -0.2) is 44.3 Å². The van der Waals surface area contributed by atoms with Gasteiger partial charge in [0.25, 0.3) is 10.0 Å². The number of carbonyl (C=O) groups excluding carboxylic acids is 2. The van der Waals surface area contributed by atoms with E-state index >= 15 is 0 Å². The second-order valence-electron chi connectivity index (χ2n) is 10.1. The molecule has 0 aromatic heterocycles. The summed E-state index contributed by atoms with van der Waals surface area (Å²) in [4.78, 5) is 29.5. The maximum atomic E-state index is 14.4. The van der Waals surface area contributed by atoms with Crippen molar-refractivity contribution < 1.29 is 18.0 Å². The van der Waals surface area contributed by atoms with Gasteiger partial charge in [0.1, 0.15) is 12.6 Å². The highest BCUT2D eigenvalue weighted by molar-refractivity contribution is 7.92. The molecule has 0 radical (unpaired) electrons. The molecular weight excluding hydrogens is 641 g/mol. The van der Waals surface area contributed by atoms with Gasteiger partial charge >= 0.3 is 0 Å². The molecule has 2 amide bonds. The van der Waals surface area contributed by atoms with E-state index in [4.69, 9.17) is 34.8 Å². The van der Waals surface area contributed by atoms with Crippen molar-refractivity contribution in [3.63, 3.8) is 0 Å². The Morgan fingerprint density at radius 3 is 2.05 bits per heavy atom. The summed E-state index contributed by atoms with van der Waals surface area (Å²) < 4.78 is 29.0. The van der Waals surface area contributed by atoms with Crippen LogP contribution in [0.3, 0.4) is 0 Å². The van der Waals surface area contributed by atoms with Crippen molar-refractivity contribution in [2.45, 2.75) is 37.2 Å². The first-order chi connectivity index (χ1) is 21.1. The van der Waals surface area contributed by atoms with Crippen molar-refractivity contribution in [2.24, 2.45) is 0 Å². The van der Waals surface area contributed by atoms with Crippen molar-refractivity contribution >= 4 is 62.3 Å². The van der Waals surface area contributed by atoms with E-state index in [0.717, 1.165) is 9.87 Å². The topological polar surface area (TPSA) is 86.8 Å². The van der Waals surface area contributed by atoms with E-state index in [0.29, 0.717) is 23.6 Å². The quantitative estimate of drug-likeness (QED) is 0.166. The summed E-state index contributed by atoms with van der Waals surface area (Å²) in [6.07, 6.45) is 0.907. The van der Waals surface area contributed by atoms with Crippen molar-refractivity contribution in [1.29, 1.82) is 0 Å². The van der Waals surface area contributed by atoms with Crippen molar-refractivity contribution in [3.8, 4) is 0 Å². The average Bonchev–Trinajstić information content (AvgIpc) is 3.03. The maximum absolute atomic E-state index is 14.4. The molecule has 44 heavy (non-hydrogen) atoms. The summed E-state index contributed by atoms with van der Waals surface area (Å²) in [7, 11) is -4.29. The lowest BCUT2D eigenvalue weighted by molar-refractivity contribution is -0.140. The molecular formula is C33H32Cl3N3O4S. The van der Waals surface area contributed by atoms with Crippen LogP contribution in [0.5, 0.6) is 0 Å². The van der Waals surface area contributed by atoms with Crippen LogP contribution in [0.1, 0.15) is 24.5 Å². The van der Waals surface area contributed by atoms with E-state index in [1.165, 1.54) is 35.2 Å². The zero-order valence-corrected chi connectivity index (χ0v) is 27.1. The van der Waals surface area contributed by atoms with Crippen LogP contribution >= 0.6 is 34.8 Å². The van der Waals surface area contributed by atoms with Gasteiger partial charge in [-0.25, -0.2) is 8.42 Å². The second-order valence-corrected chi connectivity index (χ2v) is 13.2. The summed E-state index contributed by atoms with van der Waals surface area (Å²) in [5.74, 6) is -0.959. The third-order valence-corrected chi connectivity index (χ3v) is 9.45. The Morgan fingerprint density at radius 1 is 0.795 bits per heavy atom. The summed E-state index contributed by atoms with van der Waals surface area (Å²) in [6.45, 7) is 1.73. The summed E-state index contributed by atoms with van der Waals surface area (Å²) >= 11 is 18.9. The average molecular weight is 673 g/mol. The molecule has 1 unspecified atom stereocenters. The molecule has 230 valence electrons. The first-order valence-corrected chi connectivity index (χ1v) is 16.6. The van der Waals surface area contributed by atoms with Gasteiger partial charge < -0.3 is 10.2 Å². The molecule has 7 nitrogen and oxygen atoms in total. The number of nitrogens with zero attached hydrogens (tertiary/aromatic N) is 2. The van der Waals surface area contributed by atoms with E-state index < -0.39 is 28.5 Å². The molecule has 1 N–H and O–H groups in total. The highest BCUT2D eigenvalue weighted by Crippen LogP contribution is 2.33. The molecule has 4 rings (SSSR count). The molecule has 11 heteroatoms. The van der Waals surface area contributed by atoms with Gasteiger partial charge in [0.15, 0.2) is 0 Å². The summed E-state index contributed by atoms with van der Waals surface area (Å²) in [5.41, 5.74) is 1.59. The fraction of sp³-hybridized carbons (Fsp3) is 0.212. The smallest absolute Gasteiger partial charge is 0.264 e. The molecule has 0 saturated carbocycles. The largest absolute Gasteiger partial charge is 0.354 e. The molecule has 0 bridgehead atoms. The maximum Gasteiger partial charge on any atom is 0.264 e. The highest BCUT2D eigenvalue weighted by Gasteiger charge is 2.35. The lowest BCUT2D eigenvalue weighted by atomic mass is 10.0. The van der Waals surface area contributed by atoms with Gasteiger partial charge in [-0.3, -0.25) is 13.9 Å². The second kappa shape index (κ2) is 15.4. The lowest BCUT2D eigenvalue weighted by Crippen LogP contribution is -2.53. The van der Waals surface area contributed by atoms with Gasteiger partial charge in [0.2, 0.25) is 11.8 Å². The molecule has 0 saturated heterocycles. The molecule has 4 aromatic carbocycles. The van der Waals surface area contributed by atoms with Crippen LogP contribution in [0.4, 0.5) is 5.69 Å². The Labute approximate surface area is 273 Å². The van der Waals surface area contributed by atoms with Gasteiger partial charge in [-0.1, -0.05) is 102 Å². The number of hydrogen-bond donors (Lipinski definition) is 1. The number of carbonyl (C=O) groups is 2. The number of nitrogens with one attached hydrogen (secondary N) is 1. The van der Waals surface area contributed by atoms with E-state index in [1.54, 1.807) is 42.5 Å². The van der Waals surface area contributed by atoms with E-state index in [2.05, 4.69) is 5.32 Å². The Morgan fingerprint density at radius 2 is 1.41 bits per heavy atom. The van der Waals surface area contributed by atoms with E-state index in [-0.39, 0.29) is 39.5 Å². The third-order valence-electron chi connectivity index (χ3n) is 6.87. The lowest BCUT2D eigenvalue weighted by Gasteiger charge is -2.34. The zero-order chi connectivity index (χ0) is 31.7. The van der Waals surface area contributed by atoms with Crippen molar-refractivity contribution in [3.05, 3.63) is 129 Å². The number of rotatable bonds is 13. The van der Waals surface area contributed by atoms with Crippen LogP contribution in [0.2, 0.25) is 15.1 Å². The summed E-state index contributed by atoms with van der Waals surface area (Å²) in [6, 6.07) is 27.5. The van der Waals surface area contributed by atoms with E-state index in [1.807, 2.05) is 37.3 Å². The van der Waals surface area contributed by atoms with Gasteiger partial charge in [-0.2, -0.15) is 0 Å². The Kier molecular flexibility index (Phi) is 11.7. The van der Waals surface area contributed by atoms with Crippen molar-refractivity contribution in [1.82, 2.24) is 10.2 Å². The van der Waals surface area contributed by atoms with E-state index in [9.17, 15) is 18.0 Å². The monoisotopic (exact) mass is 671 g/mol. The Hall–Kier alpha value is -3.56. The van der Waals surface area contributed by atoms with Crippen LogP contribution in [0, 0.1) is 0 Å². The Balaban J connectivity index is 1.81. The molecule has 0 heterocycles. The third kappa shape index (κ3) is 8.54. The van der Waals surface area contributed by atoms with Crippen molar-refractivity contribution in [2.75, 3.05) is 17.4 Å². The van der Waals surface area contributed by atoms with Gasteiger partial charge in [-0.15, -0.1) is 0 Å². The molecule has 0 aliphatic heterocycles. The first-order valence-electron chi connectivity index (χ1n) is 14.0. The number of anilines is 1. The normalized spacial score (nSPS) is 11.9. The number of benzene rings is 4. The van der Waals surface area contributed by atoms with Crippen LogP contribution in [0.25, 0.3) is 0 Å². The fourth-order valence-electron chi connectivity index (χ4n) is 4.62. The van der Waals surface area contributed by atoms with Gasteiger partial charge in [-0.05, 0) is 60.0 Å².